The summed E-state index contributed by atoms with van der Waals surface area (Å²) in [7, 11) is 0. The number of benzene rings is 2. The van der Waals surface area contributed by atoms with Crippen LogP contribution >= 0.6 is 0 Å². The smallest absolute Gasteiger partial charge is 0.286 e. The Morgan fingerprint density at radius 2 is 1.92 bits per heavy atom. The molecule has 0 atom stereocenters. The van der Waals surface area contributed by atoms with E-state index >= 15 is 0 Å². The normalized spacial score (nSPS) is 10.8. The van der Waals surface area contributed by atoms with Gasteiger partial charge in [-0.2, -0.15) is 0 Å². The van der Waals surface area contributed by atoms with Crippen molar-refractivity contribution < 1.29 is 18.7 Å². The van der Waals surface area contributed by atoms with E-state index in [9.17, 15) is 4.79 Å². The third-order valence-electron chi connectivity index (χ3n) is 3.96. The van der Waals surface area contributed by atoms with Crippen LogP contribution in [-0.2, 0) is 11.3 Å². The first kappa shape index (κ1) is 18.0. The molecule has 0 fully saturated rings. The Hall–Kier alpha value is -2.79. The molecule has 26 heavy (non-hydrogen) atoms. The monoisotopic (exact) mass is 353 g/mol. The molecule has 1 heterocycles. The lowest BCUT2D eigenvalue weighted by molar-refractivity contribution is 0.0913. The summed E-state index contributed by atoms with van der Waals surface area (Å²) in [6.45, 7) is 4.10. The Kier molecular flexibility index (Phi) is 6.28. The molecule has 3 rings (SSSR count). The summed E-state index contributed by atoms with van der Waals surface area (Å²) in [5, 5.41) is 4.99. The molecular formula is C21H23NO4. The lowest BCUT2D eigenvalue weighted by atomic mass is 10.1. The fraction of sp³-hybridized carbons (Fsp3) is 0.286. The highest BCUT2D eigenvalue weighted by Gasteiger charge is 2.11. The van der Waals surface area contributed by atoms with E-state index in [-0.39, 0.29) is 18.3 Å². The Bertz CT molecular complexity index is 851. The first-order valence-corrected chi connectivity index (χ1v) is 8.83. The average Bonchev–Trinajstić information content (AvgIpc) is 3.15. The second kappa shape index (κ2) is 9.06. The molecule has 0 radical (unpaired) electrons. The molecule has 5 heteroatoms. The number of amides is 1. The minimum absolute atomic E-state index is 0.224. The van der Waals surface area contributed by atoms with E-state index in [1.165, 1.54) is 0 Å². The zero-order valence-electron chi connectivity index (χ0n) is 14.9. The number of hydrogen-bond donors (Lipinski definition) is 1. The SMILES string of the molecule is CCOCCCNC(=O)c1ccc(COc2cccc3ccccc23)o1. The van der Waals surface area contributed by atoms with Crippen LogP contribution in [0.5, 0.6) is 5.75 Å². The second-order valence-electron chi connectivity index (χ2n) is 5.84. The van der Waals surface area contributed by atoms with Crippen LogP contribution in [0.1, 0.15) is 29.7 Å². The zero-order chi connectivity index (χ0) is 18.2. The molecule has 136 valence electrons. The highest BCUT2D eigenvalue weighted by atomic mass is 16.5. The molecule has 0 saturated carbocycles. The molecule has 0 saturated heterocycles. The van der Waals surface area contributed by atoms with Gasteiger partial charge < -0.3 is 19.2 Å². The molecule has 1 N–H and O–H groups in total. The summed E-state index contributed by atoms with van der Waals surface area (Å²) in [6.07, 6.45) is 0.775. The lowest BCUT2D eigenvalue weighted by Crippen LogP contribution is -2.24. The highest BCUT2D eigenvalue weighted by molar-refractivity contribution is 5.91. The van der Waals surface area contributed by atoms with Gasteiger partial charge in [0.05, 0.1) is 0 Å². The van der Waals surface area contributed by atoms with Gasteiger partial charge in [-0.15, -0.1) is 0 Å². The minimum atomic E-state index is -0.224. The van der Waals surface area contributed by atoms with Gasteiger partial charge in [-0.1, -0.05) is 36.4 Å². The Morgan fingerprint density at radius 1 is 1.08 bits per heavy atom. The van der Waals surface area contributed by atoms with Gasteiger partial charge in [0.25, 0.3) is 5.91 Å². The van der Waals surface area contributed by atoms with Gasteiger partial charge in [0.1, 0.15) is 18.1 Å². The van der Waals surface area contributed by atoms with Crippen LogP contribution in [0, 0.1) is 0 Å². The molecule has 0 aliphatic heterocycles. The molecule has 1 amide bonds. The third-order valence-corrected chi connectivity index (χ3v) is 3.96. The van der Waals surface area contributed by atoms with Crippen LogP contribution in [0.15, 0.2) is 59.0 Å². The molecule has 2 aromatic carbocycles. The predicted octanol–water partition coefficient (Wildman–Crippen LogP) is 4.17. The quantitative estimate of drug-likeness (QED) is 0.587. The largest absolute Gasteiger partial charge is 0.485 e. The van der Waals surface area contributed by atoms with Gasteiger partial charge in [-0.25, -0.2) is 0 Å². The molecule has 0 aliphatic carbocycles. The van der Waals surface area contributed by atoms with E-state index in [1.54, 1.807) is 12.1 Å². The van der Waals surface area contributed by atoms with Gasteiger partial charge in [0.15, 0.2) is 5.76 Å². The molecule has 0 spiro atoms. The summed E-state index contributed by atoms with van der Waals surface area (Å²) in [6, 6.07) is 17.4. The molecule has 0 aliphatic rings. The molecule has 5 nitrogen and oxygen atoms in total. The van der Waals surface area contributed by atoms with Crippen LogP contribution in [0.25, 0.3) is 10.8 Å². The van der Waals surface area contributed by atoms with Crippen molar-refractivity contribution in [1.82, 2.24) is 5.32 Å². The van der Waals surface area contributed by atoms with E-state index in [0.29, 0.717) is 25.5 Å². The van der Waals surface area contributed by atoms with Crippen molar-refractivity contribution in [2.24, 2.45) is 0 Å². The van der Waals surface area contributed by atoms with E-state index in [2.05, 4.69) is 5.32 Å². The first-order valence-electron chi connectivity index (χ1n) is 8.83. The van der Waals surface area contributed by atoms with E-state index < -0.39 is 0 Å². The van der Waals surface area contributed by atoms with Crippen LogP contribution in [-0.4, -0.2) is 25.7 Å². The Balaban J connectivity index is 1.54. The average molecular weight is 353 g/mol. The van der Waals surface area contributed by atoms with Crippen molar-refractivity contribution in [3.05, 3.63) is 66.1 Å². The fourth-order valence-corrected chi connectivity index (χ4v) is 2.66. The minimum Gasteiger partial charge on any atom is -0.485 e. The van der Waals surface area contributed by atoms with Gasteiger partial charge >= 0.3 is 0 Å². The predicted molar refractivity (Wildman–Crippen MR) is 100 cm³/mol. The molecule has 0 bridgehead atoms. The van der Waals surface area contributed by atoms with Gasteiger partial charge in [-0.05, 0) is 36.9 Å². The summed E-state index contributed by atoms with van der Waals surface area (Å²) >= 11 is 0. The maximum atomic E-state index is 12.1. The zero-order valence-corrected chi connectivity index (χ0v) is 14.9. The molecular weight excluding hydrogens is 330 g/mol. The summed E-state index contributed by atoms with van der Waals surface area (Å²) < 4.78 is 16.7. The standard InChI is InChI=1S/C21H23NO4/c1-2-24-14-6-13-22-21(23)20-12-11-17(26-20)15-25-19-10-5-8-16-7-3-4-9-18(16)19/h3-5,7-12H,2,6,13-15H2,1H3,(H,22,23). The number of hydrogen-bond acceptors (Lipinski definition) is 4. The second-order valence-corrected chi connectivity index (χ2v) is 5.84. The van der Waals surface area contributed by atoms with E-state index in [4.69, 9.17) is 13.9 Å². The lowest BCUT2D eigenvalue weighted by Gasteiger charge is -2.08. The number of nitrogens with one attached hydrogen (secondary N) is 1. The van der Waals surface area contributed by atoms with Crippen molar-refractivity contribution in [2.75, 3.05) is 19.8 Å². The summed E-state index contributed by atoms with van der Waals surface area (Å²) in [5.41, 5.74) is 0. The van der Waals surface area contributed by atoms with Crippen LogP contribution < -0.4 is 10.1 Å². The van der Waals surface area contributed by atoms with Crippen molar-refractivity contribution in [2.45, 2.75) is 20.0 Å². The van der Waals surface area contributed by atoms with E-state index in [1.807, 2.05) is 49.4 Å². The maximum absolute atomic E-state index is 12.1. The van der Waals surface area contributed by atoms with E-state index in [0.717, 1.165) is 22.9 Å². The van der Waals surface area contributed by atoms with Crippen molar-refractivity contribution >= 4 is 16.7 Å². The number of furan rings is 1. The van der Waals surface area contributed by atoms with Crippen molar-refractivity contribution in [3.8, 4) is 5.75 Å². The fourth-order valence-electron chi connectivity index (χ4n) is 2.66. The number of rotatable bonds is 9. The summed E-state index contributed by atoms with van der Waals surface area (Å²) in [4.78, 5) is 12.1. The Morgan fingerprint density at radius 3 is 2.81 bits per heavy atom. The topological polar surface area (TPSA) is 60.7 Å². The highest BCUT2D eigenvalue weighted by Crippen LogP contribution is 2.26. The molecule has 3 aromatic rings. The summed E-state index contributed by atoms with van der Waals surface area (Å²) in [5.74, 6) is 1.47. The Labute approximate surface area is 152 Å². The first-order chi connectivity index (χ1) is 12.8. The third kappa shape index (κ3) is 4.64. The van der Waals surface area contributed by atoms with Crippen LogP contribution in [0.2, 0.25) is 0 Å². The maximum Gasteiger partial charge on any atom is 0.286 e. The number of ether oxygens (including phenoxy) is 2. The molecule has 1 aromatic heterocycles. The van der Waals surface area contributed by atoms with Crippen LogP contribution in [0.3, 0.4) is 0 Å². The van der Waals surface area contributed by atoms with Gasteiger partial charge in [-0.3, -0.25) is 4.79 Å². The van der Waals surface area contributed by atoms with Gasteiger partial charge in [0.2, 0.25) is 0 Å². The van der Waals surface area contributed by atoms with Gasteiger partial charge in [0, 0.05) is 25.1 Å². The van der Waals surface area contributed by atoms with Crippen molar-refractivity contribution in [3.63, 3.8) is 0 Å². The van der Waals surface area contributed by atoms with Crippen molar-refractivity contribution in [1.29, 1.82) is 0 Å². The van der Waals surface area contributed by atoms with Crippen LogP contribution in [0.4, 0.5) is 0 Å². The number of carbonyl (C=O) groups excluding carboxylic acids is 1. The number of carbonyl (C=O) groups is 1. The molecule has 0 unspecified atom stereocenters. The number of fused-ring (bicyclic) bond motifs is 1.